The SMILES string of the molecule is CCc1cccc(OCCNC(=O)Nc2ccc(C(C)C)cc2)c1. The normalized spacial score (nSPS) is 10.5. The summed E-state index contributed by atoms with van der Waals surface area (Å²) < 4.78 is 5.65. The van der Waals surface area contributed by atoms with Crippen LogP contribution >= 0.6 is 0 Å². The molecule has 0 bridgehead atoms. The third kappa shape index (κ3) is 5.61. The number of hydrogen-bond donors (Lipinski definition) is 2. The average Bonchev–Trinajstić information content (AvgIpc) is 2.59. The monoisotopic (exact) mass is 326 g/mol. The van der Waals surface area contributed by atoms with Crippen molar-refractivity contribution in [3.8, 4) is 5.75 Å². The van der Waals surface area contributed by atoms with E-state index in [4.69, 9.17) is 4.74 Å². The maximum absolute atomic E-state index is 11.9. The van der Waals surface area contributed by atoms with E-state index >= 15 is 0 Å². The molecule has 0 radical (unpaired) electrons. The van der Waals surface area contributed by atoms with Gasteiger partial charge in [0.05, 0.1) is 6.54 Å². The van der Waals surface area contributed by atoms with Gasteiger partial charge in [-0.3, -0.25) is 0 Å². The molecule has 2 rings (SSSR count). The van der Waals surface area contributed by atoms with Gasteiger partial charge in [-0.2, -0.15) is 0 Å². The summed E-state index contributed by atoms with van der Waals surface area (Å²) in [6, 6.07) is 15.7. The summed E-state index contributed by atoms with van der Waals surface area (Å²) in [6.45, 7) is 7.29. The lowest BCUT2D eigenvalue weighted by Crippen LogP contribution is -2.32. The highest BCUT2D eigenvalue weighted by molar-refractivity contribution is 5.89. The number of aryl methyl sites for hydroxylation is 1. The Kier molecular flexibility index (Phi) is 6.67. The predicted molar refractivity (Wildman–Crippen MR) is 98.9 cm³/mol. The van der Waals surface area contributed by atoms with E-state index in [1.165, 1.54) is 11.1 Å². The number of rotatable bonds is 7. The lowest BCUT2D eigenvalue weighted by Gasteiger charge is -2.11. The molecule has 0 unspecified atom stereocenters. The van der Waals surface area contributed by atoms with Crippen LogP contribution in [-0.2, 0) is 6.42 Å². The molecule has 0 saturated carbocycles. The van der Waals surface area contributed by atoms with Crippen molar-refractivity contribution in [1.82, 2.24) is 5.32 Å². The van der Waals surface area contributed by atoms with Crippen molar-refractivity contribution in [2.75, 3.05) is 18.5 Å². The van der Waals surface area contributed by atoms with Crippen LogP contribution < -0.4 is 15.4 Å². The number of benzene rings is 2. The first-order valence-electron chi connectivity index (χ1n) is 8.45. The Morgan fingerprint density at radius 2 is 1.88 bits per heavy atom. The number of carbonyl (C=O) groups is 1. The molecular formula is C20H26N2O2. The number of carbonyl (C=O) groups excluding carboxylic acids is 1. The summed E-state index contributed by atoms with van der Waals surface area (Å²) in [7, 11) is 0. The quantitative estimate of drug-likeness (QED) is 0.732. The van der Waals surface area contributed by atoms with E-state index < -0.39 is 0 Å². The Bertz CT molecular complexity index is 651. The van der Waals surface area contributed by atoms with Crippen LogP contribution in [0.5, 0.6) is 5.75 Å². The molecule has 0 atom stereocenters. The van der Waals surface area contributed by atoms with Gasteiger partial charge in [0, 0.05) is 5.69 Å². The van der Waals surface area contributed by atoms with Crippen LogP contribution in [0.2, 0.25) is 0 Å². The van der Waals surface area contributed by atoms with E-state index in [1.54, 1.807) is 0 Å². The molecule has 2 aromatic carbocycles. The lowest BCUT2D eigenvalue weighted by atomic mass is 10.0. The maximum atomic E-state index is 11.9. The molecule has 2 aromatic rings. The molecule has 0 aliphatic carbocycles. The summed E-state index contributed by atoms with van der Waals surface area (Å²) in [6.07, 6.45) is 0.980. The van der Waals surface area contributed by atoms with Gasteiger partial charge in [-0.05, 0) is 47.7 Å². The fourth-order valence-electron chi connectivity index (χ4n) is 2.32. The number of anilines is 1. The maximum Gasteiger partial charge on any atom is 0.319 e. The topological polar surface area (TPSA) is 50.4 Å². The molecule has 2 amide bonds. The highest BCUT2D eigenvalue weighted by Crippen LogP contribution is 2.17. The van der Waals surface area contributed by atoms with Crippen molar-refractivity contribution in [3.05, 3.63) is 59.7 Å². The minimum Gasteiger partial charge on any atom is -0.492 e. The molecule has 0 heterocycles. The molecule has 4 nitrogen and oxygen atoms in total. The Morgan fingerprint density at radius 1 is 1.12 bits per heavy atom. The number of nitrogens with one attached hydrogen (secondary N) is 2. The van der Waals surface area contributed by atoms with Gasteiger partial charge in [0.2, 0.25) is 0 Å². The Morgan fingerprint density at radius 3 is 2.54 bits per heavy atom. The highest BCUT2D eigenvalue weighted by atomic mass is 16.5. The van der Waals surface area contributed by atoms with Gasteiger partial charge in [0.1, 0.15) is 12.4 Å². The molecule has 0 fully saturated rings. The standard InChI is InChI=1S/C20H26N2O2/c1-4-16-6-5-7-19(14-16)24-13-12-21-20(23)22-18-10-8-17(9-11-18)15(2)3/h5-11,14-15H,4,12-13H2,1-3H3,(H2,21,22,23). The van der Waals surface area contributed by atoms with Gasteiger partial charge in [-0.1, -0.05) is 45.0 Å². The second-order valence-corrected chi connectivity index (χ2v) is 6.01. The van der Waals surface area contributed by atoms with E-state index in [9.17, 15) is 4.79 Å². The molecule has 0 aromatic heterocycles. The molecule has 128 valence electrons. The molecule has 4 heteroatoms. The van der Waals surface area contributed by atoms with Crippen molar-refractivity contribution in [2.45, 2.75) is 33.1 Å². The second-order valence-electron chi connectivity index (χ2n) is 6.01. The van der Waals surface area contributed by atoms with Crippen molar-refractivity contribution in [2.24, 2.45) is 0 Å². The molecule has 0 spiro atoms. The van der Waals surface area contributed by atoms with Crippen LogP contribution in [-0.4, -0.2) is 19.2 Å². The smallest absolute Gasteiger partial charge is 0.319 e. The van der Waals surface area contributed by atoms with Crippen LogP contribution in [0.15, 0.2) is 48.5 Å². The number of urea groups is 1. The van der Waals surface area contributed by atoms with Gasteiger partial charge in [-0.15, -0.1) is 0 Å². The Hall–Kier alpha value is -2.49. The zero-order valence-electron chi connectivity index (χ0n) is 14.6. The van der Waals surface area contributed by atoms with Gasteiger partial charge in [-0.25, -0.2) is 4.79 Å². The van der Waals surface area contributed by atoms with Crippen molar-refractivity contribution < 1.29 is 9.53 Å². The lowest BCUT2D eigenvalue weighted by molar-refractivity contribution is 0.247. The first kappa shape index (κ1) is 17.9. The van der Waals surface area contributed by atoms with Gasteiger partial charge in [0.25, 0.3) is 0 Å². The van der Waals surface area contributed by atoms with Gasteiger partial charge >= 0.3 is 6.03 Å². The van der Waals surface area contributed by atoms with Crippen molar-refractivity contribution >= 4 is 11.7 Å². The third-order valence-electron chi connectivity index (χ3n) is 3.80. The molecule has 24 heavy (non-hydrogen) atoms. The van der Waals surface area contributed by atoms with E-state index in [0.717, 1.165) is 17.9 Å². The van der Waals surface area contributed by atoms with E-state index in [2.05, 4.69) is 37.5 Å². The summed E-state index contributed by atoms with van der Waals surface area (Å²) in [5.41, 5.74) is 3.28. The van der Waals surface area contributed by atoms with Crippen LogP contribution in [0, 0.1) is 0 Å². The molecule has 0 aliphatic rings. The molecular weight excluding hydrogens is 300 g/mol. The first-order chi connectivity index (χ1) is 11.6. The van der Waals surface area contributed by atoms with E-state index in [0.29, 0.717) is 19.1 Å². The Labute approximate surface area is 144 Å². The zero-order valence-corrected chi connectivity index (χ0v) is 14.6. The summed E-state index contributed by atoms with van der Waals surface area (Å²) in [5, 5.41) is 5.61. The third-order valence-corrected chi connectivity index (χ3v) is 3.80. The average molecular weight is 326 g/mol. The molecule has 0 saturated heterocycles. The fraction of sp³-hybridized carbons (Fsp3) is 0.350. The summed E-state index contributed by atoms with van der Waals surface area (Å²) >= 11 is 0. The van der Waals surface area contributed by atoms with E-state index in [-0.39, 0.29) is 6.03 Å². The number of amides is 2. The van der Waals surface area contributed by atoms with E-state index in [1.807, 2.05) is 42.5 Å². The minimum absolute atomic E-state index is 0.224. The highest BCUT2D eigenvalue weighted by Gasteiger charge is 2.03. The fourth-order valence-corrected chi connectivity index (χ4v) is 2.32. The molecule has 2 N–H and O–H groups in total. The summed E-state index contributed by atoms with van der Waals surface area (Å²) in [4.78, 5) is 11.9. The van der Waals surface area contributed by atoms with Gasteiger partial charge in [0.15, 0.2) is 0 Å². The van der Waals surface area contributed by atoms with Crippen molar-refractivity contribution in [3.63, 3.8) is 0 Å². The van der Waals surface area contributed by atoms with Crippen LogP contribution in [0.25, 0.3) is 0 Å². The Balaban J connectivity index is 1.71. The molecule has 0 aliphatic heterocycles. The minimum atomic E-state index is -0.224. The second kappa shape index (κ2) is 8.96. The van der Waals surface area contributed by atoms with Crippen LogP contribution in [0.3, 0.4) is 0 Å². The largest absolute Gasteiger partial charge is 0.492 e. The van der Waals surface area contributed by atoms with Crippen LogP contribution in [0.1, 0.15) is 37.8 Å². The number of hydrogen-bond acceptors (Lipinski definition) is 2. The van der Waals surface area contributed by atoms with Gasteiger partial charge < -0.3 is 15.4 Å². The summed E-state index contributed by atoms with van der Waals surface area (Å²) in [5.74, 6) is 1.32. The van der Waals surface area contributed by atoms with Crippen LogP contribution in [0.4, 0.5) is 10.5 Å². The number of ether oxygens (including phenoxy) is 1. The predicted octanol–water partition coefficient (Wildman–Crippen LogP) is 4.57. The van der Waals surface area contributed by atoms with Crippen molar-refractivity contribution in [1.29, 1.82) is 0 Å². The first-order valence-corrected chi connectivity index (χ1v) is 8.45. The zero-order chi connectivity index (χ0) is 17.4.